The van der Waals surface area contributed by atoms with E-state index in [4.69, 9.17) is 4.74 Å². The second kappa shape index (κ2) is 9.17. The molecule has 1 amide bonds. The minimum absolute atomic E-state index is 0.0551. The number of nitrogens with one attached hydrogen (secondary N) is 3. The number of anilines is 1. The smallest absolute Gasteiger partial charge is 0.282 e. The molecule has 1 atom stereocenters. The van der Waals surface area contributed by atoms with Crippen LogP contribution in [0.2, 0.25) is 0 Å². The molecule has 3 N–H and O–H groups in total. The Bertz CT molecular complexity index is 802. The van der Waals surface area contributed by atoms with Crippen LogP contribution < -0.4 is 19.9 Å². The van der Waals surface area contributed by atoms with Gasteiger partial charge >= 0.3 is 0 Å². The molecule has 1 aliphatic heterocycles. The van der Waals surface area contributed by atoms with Crippen molar-refractivity contribution in [1.82, 2.24) is 0 Å². The molecular weight excluding hydrogens is 357 g/mol. The molecule has 0 radical (unpaired) electrons. The summed E-state index contributed by atoms with van der Waals surface area (Å²) in [6, 6.07) is 12.9. The van der Waals surface area contributed by atoms with Crippen LogP contribution in [0, 0.1) is 12.7 Å². The molecule has 0 bridgehead atoms. The molecule has 5 nitrogen and oxygen atoms in total. The van der Waals surface area contributed by atoms with Gasteiger partial charge in [-0.25, -0.2) is 4.39 Å². The molecule has 2 aromatic rings. The summed E-state index contributed by atoms with van der Waals surface area (Å²) in [7, 11) is 1.47. The lowest BCUT2D eigenvalue weighted by molar-refractivity contribution is -1.02. The highest BCUT2D eigenvalue weighted by molar-refractivity contribution is 5.93. The fourth-order valence-electron chi connectivity index (χ4n) is 3.72. The molecular formula is C22H30FN3O2+2. The monoisotopic (exact) mass is 387 g/mol. The van der Waals surface area contributed by atoms with Gasteiger partial charge in [-0.2, -0.15) is 0 Å². The number of hydrogen-bond donors (Lipinski definition) is 3. The molecule has 1 fully saturated rings. The van der Waals surface area contributed by atoms with Crippen LogP contribution in [0.1, 0.15) is 18.1 Å². The fourth-order valence-corrected chi connectivity index (χ4v) is 3.72. The fraction of sp³-hybridized carbons (Fsp3) is 0.409. The van der Waals surface area contributed by atoms with Gasteiger partial charge in [0.1, 0.15) is 32.7 Å². The maximum atomic E-state index is 13.9. The summed E-state index contributed by atoms with van der Waals surface area (Å²) in [5.41, 5.74) is 2.99. The predicted molar refractivity (Wildman–Crippen MR) is 107 cm³/mol. The van der Waals surface area contributed by atoms with E-state index in [2.05, 4.69) is 5.32 Å². The lowest BCUT2D eigenvalue weighted by Gasteiger charge is -2.32. The Hall–Kier alpha value is -2.44. The normalized spacial score (nSPS) is 20.4. The first kappa shape index (κ1) is 20.3. The molecule has 3 rings (SSSR count). The van der Waals surface area contributed by atoms with E-state index in [1.807, 2.05) is 44.2 Å². The van der Waals surface area contributed by atoms with Crippen LogP contribution in [0.5, 0.6) is 5.75 Å². The quantitative estimate of drug-likeness (QED) is 0.674. The molecule has 0 aromatic heterocycles. The van der Waals surface area contributed by atoms with E-state index < -0.39 is 0 Å². The third-order valence-electron chi connectivity index (χ3n) is 5.59. The van der Waals surface area contributed by atoms with Crippen molar-refractivity contribution in [3.63, 3.8) is 0 Å². The summed E-state index contributed by atoms with van der Waals surface area (Å²) in [5.74, 6) is 0.0195. The number of quaternary nitrogens is 2. The first-order chi connectivity index (χ1) is 13.5. The van der Waals surface area contributed by atoms with Gasteiger partial charge in [0, 0.05) is 11.3 Å². The van der Waals surface area contributed by atoms with Crippen LogP contribution in [-0.2, 0) is 11.3 Å². The van der Waals surface area contributed by atoms with E-state index in [0.29, 0.717) is 0 Å². The third-order valence-corrected chi connectivity index (χ3v) is 5.59. The van der Waals surface area contributed by atoms with Crippen LogP contribution in [0.3, 0.4) is 0 Å². The van der Waals surface area contributed by atoms with Gasteiger partial charge in [-0.15, -0.1) is 0 Å². The summed E-state index contributed by atoms with van der Waals surface area (Å²) in [5, 5.41) is 3.01. The second-order valence-corrected chi connectivity index (χ2v) is 7.63. The van der Waals surface area contributed by atoms with Crippen molar-refractivity contribution in [2.75, 3.05) is 38.6 Å². The van der Waals surface area contributed by atoms with E-state index in [1.54, 1.807) is 12.1 Å². The van der Waals surface area contributed by atoms with Crippen molar-refractivity contribution >= 4 is 11.6 Å². The Morgan fingerprint density at radius 1 is 1.14 bits per heavy atom. The Morgan fingerprint density at radius 2 is 1.82 bits per heavy atom. The number of hydrogen-bond acceptors (Lipinski definition) is 2. The number of benzene rings is 2. The molecule has 2 aromatic carbocycles. The van der Waals surface area contributed by atoms with Crippen molar-refractivity contribution in [2.24, 2.45) is 0 Å². The van der Waals surface area contributed by atoms with E-state index in [-0.39, 0.29) is 23.5 Å². The van der Waals surface area contributed by atoms with Gasteiger partial charge in [0.05, 0.1) is 7.11 Å². The zero-order valence-corrected chi connectivity index (χ0v) is 16.8. The van der Waals surface area contributed by atoms with Crippen molar-refractivity contribution in [1.29, 1.82) is 0 Å². The lowest BCUT2D eigenvalue weighted by Crippen LogP contribution is -3.29. The Balaban J connectivity index is 1.49. The summed E-state index contributed by atoms with van der Waals surface area (Å²) >= 11 is 0. The molecule has 150 valence electrons. The van der Waals surface area contributed by atoms with Crippen molar-refractivity contribution in [3.05, 3.63) is 59.4 Å². The SMILES string of the molecule is COc1ccc(C[NH+]2CC[NH+]([C@H](C)C(=O)Nc3ccc(C)cc3)CC2)cc1F. The van der Waals surface area contributed by atoms with Crippen molar-refractivity contribution < 1.29 is 23.7 Å². The van der Waals surface area contributed by atoms with Gasteiger partial charge in [0.15, 0.2) is 17.6 Å². The van der Waals surface area contributed by atoms with Crippen molar-refractivity contribution in [3.8, 4) is 5.75 Å². The van der Waals surface area contributed by atoms with Gasteiger partial charge < -0.3 is 19.9 Å². The average Bonchev–Trinajstić information content (AvgIpc) is 2.70. The Morgan fingerprint density at radius 3 is 2.43 bits per heavy atom. The van der Waals surface area contributed by atoms with Crippen LogP contribution >= 0.6 is 0 Å². The number of ether oxygens (including phenoxy) is 1. The standard InChI is InChI=1S/C22H28FN3O2/c1-16-4-7-19(8-5-16)24-22(27)17(2)26-12-10-25(11-13-26)15-18-6-9-21(28-3)20(23)14-18/h4-9,14,17H,10-13,15H2,1-3H3,(H,24,27)/p+2/t17-/m1/s1. The van der Waals surface area contributed by atoms with Crippen molar-refractivity contribution in [2.45, 2.75) is 26.4 Å². The molecule has 6 heteroatoms. The first-order valence-electron chi connectivity index (χ1n) is 9.84. The van der Waals surface area contributed by atoms with Gasteiger partial charge in [-0.05, 0) is 44.2 Å². The largest absolute Gasteiger partial charge is 0.494 e. The predicted octanol–water partition coefficient (Wildman–Crippen LogP) is 0.453. The number of piperazine rings is 1. The van der Waals surface area contributed by atoms with Gasteiger partial charge in [-0.3, -0.25) is 4.79 Å². The minimum Gasteiger partial charge on any atom is -0.494 e. The second-order valence-electron chi connectivity index (χ2n) is 7.63. The van der Waals surface area contributed by atoms with E-state index in [1.165, 1.54) is 22.5 Å². The third kappa shape index (κ3) is 5.09. The number of carbonyl (C=O) groups excluding carboxylic acids is 1. The molecule has 0 spiro atoms. The summed E-state index contributed by atoms with van der Waals surface area (Å²) in [6.07, 6.45) is 0. The highest BCUT2D eigenvalue weighted by Crippen LogP contribution is 2.17. The number of aryl methyl sites for hydroxylation is 1. The number of rotatable bonds is 6. The first-order valence-corrected chi connectivity index (χ1v) is 9.84. The van der Waals surface area contributed by atoms with Crippen LogP contribution in [-0.4, -0.2) is 45.2 Å². The molecule has 28 heavy (non-hydrogen) atoms. The Kier molecular flexibility index (Phi) is 6.65. The number of carbonyl (C=O) groups is 1. The molecule has 0 unspecified atom stereocenters. The lowest BCUT2D eigenvalue weighted by atomic mass is 10.1. The number of amides is 1. The summed E-state index contributed by atoms with van der Waals surface area (Å²) < 4.78 is 18.9. The summed E-state index contributed by atoms with van der Waals surface area (Å²) in [4.78, 5) is 15.3. The maximum Gasteiger partial charge on any atom is 0.282 e. The molecule has 1 aliphatic rings. The van der Waals surface area contributed by atoms with Crippen LogP contribution in [0.25, 0.3) is 0 Å². The molecule has 1 saturated heterocycles. The number of methoxy groups -OCH3 is 1. The van der Waals surface area contributed by atoms with E-state index >= 15 is 0 Å². The molecule has 1 heterocycles. The molecule has 0 aliphatic carbocycles. The topological polar surface area (TPSA) is 47.2 Å². The zero-order valence-electron chi connectivity index (χ0n) is 16.8. The van der Waals surface area contributed by atoms with Gasteiger partial charge in [-0.1, -0.05) is 17.7 Å². The van der Waals surface area contributed by atoms with E-state index in [0.717, 1.165) is 44.0 Å². The number of halogens is 1. The van der Waals surface area contributed by atoms with Crippen LogP contribution in [0.15, 0.2) is 42.5 Å². The highest BCUT2D eigenvalue weighted by Gasteiger charge is 2.31. The van der Waals surface area contributed by atoms with Gasteiger partial charge in [0.2, 0.25) is 0 Å². The minimum atomic E-state index is -0.315. The summed E-state index contributed by atoms with van der Waals surface area (Å²) in [6.45, 7) is 8.59. The van der Waals surface area contributed by atoms with Gasteiger partial charge in [0.25, 0.3) is 5.91 Å². The Labute approximate surface area is 166 Å². The van der Waals surface area contributed by atoms with Crippen LogP contribution in [0.4, 0.5) is 10.1 Å². The zero-order chi connectivity index (χ0) is 20.1. The average molecular weight is 387 g/mol. The maximum absolute atomic E-state index is 13.9. The highest BCUT2D eigenvalue weighted by atomic mass is 19.1. The molecule has 0 saturated carbocycles. The van der Waals surface area contributed by atoms with E-state index in [9.17, 15) is 9.18 Å².